The van der Waals surface area contributed by atoms with Gasteiger partial charge < -0.3 is 9.30 Å². The Labute approximate surface area is 137 Å². The lowest BCUT2D eigenvalue weighted by atomic mass is 10.0. The fourth-order valence-electron chi connectivity index (χ4n) is 3.10. The molecule has 1 aromatic heterocycles. The molecule has 0 unspecified atom stereocenters. The third kappa shape index (κ3) is 2.76. The molecule has 118 valence electrons. The van der Waals surface area contributed by atoms with E-state index in [-0.39, 0.29) is 10.8 Å². The van der Waals surface area contributed by atoms with Gasteiger partial charge in [-0.1, -0.05) is 39.9 Å². The fraction of sp³-hybridized carbons (Fsp3) is 0.750. The van der Waals surface area contributed by atoms with Crippen molar-refractivity contribution < 1.29 is 4.74 Å². The SMILES string of the molecule is COCCn1c(C)c(C)s/c1=N\C(=S)C1C(C)(C)C1(C)C. The molecule has 0 spiro atoms. The van der Waals surface area contributed by atoms with Crippen LogP contribution in [0.15, 0.2) is 4.99 Å². The van der Waals surface area contributed by atoms with Crippen LogP contribution in [0.25, 0.3) is 0 Å². The average Bonchev–Trinajstić information content (AvgIpc) is 2.62. The summed E-state index contributed by atoms with van der Waals surface area (Å²) in [5.41, 5.74) is 1.74. The summed E-state index contributed by atoms with van der Waals surface area (Å²) >= 11 is 7.36. The number of rotatable bonds is 4. The zero-order valence-corrected chi connectivity index (χ0v) is 15.7. The molecule has 0 saturated heterocycles. The van der Waals surface area contributed by atoms with Gasteiger partial charge in [-0.3, -0.25) is 0 Å². The van der Waals surface area contributed by atoms with Crippen LogP contribution in [0.5, 0.6) is 0 Å². The number of aryl methyl sites for hydroxylation is 1. The molecule has 3 nitrogen and oxygen atoms in total. The summed E-state index contributed by atoms with van der Waals surface area (Å²) in [7, 11) is 1.73. The molecule has 0 atom stereocenters. The molecule has 2 rings (SSSR count). The third-order valence-electron chi connectivity index (χ3n) is 5.38. The van der Waals surface area contributed by atoms with Crippen molar-refractivity contribution >= 4 is 28.5 Å². The van der Waals surface area contributed by atoms with E-state index in [9.17, 15) is 0 Å². The zero-order chi connectivity index (χ0) is 16.0. The molecule has 1 fully saturated rings. The number of aromatic nitrogens is 1. The summed E-state index contributed by atoms with van der Waals surface area (Å²) < 4.78 is 7.43. The van der Waals surface area contributed by atoms with Gasteiger partial charge in [-0.2, -0.15) is 0 Å². The Morgan fingerprint density at radius 2 is 1.86 bits per heavy atom. The third-order valence-corrected chi connectivity index (χ3v) is 6.81. The summed E-state index contributed by atoms with van der Waals surface area (Å²) in [6.07, 6.45) is 0. The Balaban J connectivity index is 2.34. The first-order valence-electron chi connectivity index (χ1n) is 7.39. The summed E-state index contributed by atoms with van der Waals surface area (Å²) in [4.78, 5) is 7.95. The second kappa shape index (κ2) is 5.60. The van der Waals surface area contributed by atoms with E-state index in [2.05, 4.69) is 46.1 Å². The molecule has 1 aromatic rings. The molecule has 0 amide bonds. The minimum Gasteiger partial charge on any atom is -0.383 e. The van der Waals surface area contributed by atoms with Gasteiger partial charge in [0.15, 0.2) is 4.80 Å². The van der Waals surface area contributed by atoms with Gasteiger partial charge in [-0.25, -0.2) is 4.99 Å². The van der Waals surface area contributed by atoms with Crippen LogP contribution in [-0.2, 0) is 11.3 Å². The fourth-order valence-corrected chi connectivity index (χ4v) is 4.85. The minimum absolute atomic E-state index is 0.242. The van der Waals surface area contributed by atoms with Crippen molar-refractivity contribution in [3.8, 4) is 0 Å². The lowest BCUT2D eigenvalue weighted by Crippen LogP contribution is -2.21. The van der Waals surface area contributed by atoms with Crippen LogP contribution >= 0.6 is 23.6 Å². The minimum atomic E-state index is 0.242. The van der Waals surface area contributed by atoms with Crippen LogP contribution in [-0.4, -0.2) is 23.3 Å². The molecule has 1 saturated carbocycles. The maximum Gasteiger partial charge on any atom is 0.190 e. The highest BCUT2D eigenvalue weighted by atomic mass is 32.1. The molecule has 0 aromatic carbocycles. The van der Waals surface area contributed by atoms with E-state index >= 15 is 0 Å². The monoisotopic (exact) mass is 326 g/mol. The van der Waals surface area contributed by atoms with Crippen molar-refractivity contribution in [2.75, 3.05) is 13.7 Å². The predicted octanol–water partition coefficient (Wildman–Crippen LogP) is 3.72. The van der Waals surface area contributed by atoms with Crippen molar-refractivity contribution in [2.45, 2.75) is 48.1 Å². The summed E-state index contributed by atoms with van der Waals surface area (Å²) in [5.74, 6) is 0.388. The van der Waals surface area contributed by atoms with Crippen molar-refractivity contribution in [1.29, 1.82) is 0 Å². The number of methoxy groups -OCH3 is 1. The Hall–Kier alpha value is -0.520. The lowest BCUT2D eigenvalue weighted by molar-refractivity contribution is 0.186. The van der Waals surface area contributed by atoms with Crippen molar-refractivity contribution in [2.24, 2.45) is 21.7 Å². The van der Waals surface area contributed by atoms with Gasteiger partial charge in [-0.05, 0) is 24.7 Å². The van der Waals surface area contributed by atoms with E-state index in [1.54, 1.807) is 18.4 Å². The lowest BCUT2D eigenvalue weighted by Gasteiger charge is -2.05. The van der Waals surface area contributed by atoms with Crippen LogP contribution in [0.3, 0.4) is 0 Å². The van der Waals surface area contributed by atoms with Crippen molar-refractivity contribution in [1.82, 2.24) is 4.57 Å². The number of ether oxygens (including phenoxy) is 1. The van der Waals surface area contributed by atoms with Gasteiger partial charge in [0.25, 0.3) is 0 Å². The summed E-state index contributed by atoms with van der Waals surface area (Å²) in [6, 6.07) is 0. The van der Waals surface area contributed by atoms with E-state index in [0.717, 1.165) is 16.3 Å². The largest absolute Gasteiger partial charge is 0.383 e. The number of thiazole rings is 1. The van der Waals surface area contributed by atoms with Crippen LogP contribution in [0.4, 0.5) is 0 Å². The summed E-state index contributed by atoms with van der Waals surface area (Å²) in [6.45, 7) is 14.9. The highest BCUT2D eigenvalue weighted by Gasteiger charge is 2.66. The van der Waals surface area contributed by atoms with Gasteiger partial charge in [0.2, 0.25) is 0 Å². The first-order valence-corrected chi connectivity index (χ1v) is 8.61. The Morgan fingerprint density at radius 1 is 1.29 bits per heavy atom. The van der Waals surface area contributed by atoms with Gasteiger partial charge in [0.05, 0.1) is 6.61 Å². The van der Waals surface area contributed by atoms with E-state index in [1.807, 2.05) is 0 Å². The number of hydrogen-bond donors (Lipinski definition) is 0. The van der Waals surface area contributed by atoms with Crippen LogP contribution in [0, 0.1) is 30.6 Å². The smallest absolute Gasteiger partial charge is 0.190 e. The van der Waals surface area contributed by atoms with E-state index in [0.29, 0.717) is 12.5 Å². The van der Waals surface area contributed by atoms with Gasteiger partial charge in [0, 0.05) is 30.1 Å². The molecule has 1 aliphatic carbocycles. The molecule has 1 heterocycles. The molecule has 0 N–H and O–H groups in total. The Bertz CT molecular complexity index is 609. The Kier molecular flexibility index (Phi) is 4.49. The van der Waals surface area contributed by atoms with E-state index in [4.69, 9.17) is 21.9 Å². The topological polar surface area (TPSA) is 26.5 Å². The highest BCUT2D eigenvalue weighted by molar-refractivity contribution is 7.80. The zero-order valence-electron chi connectivity index (χ0n) is 14.1. The van der Waals surface area contributed by atoms with Crippen LogP contribution in [0.1, 0.15) is 38.3 Å². The van der Waals surface area contributed by atoms with Gasteiger partial charge in [-0.15, -0.1) is 11.3 Å². The first-order chi connectivity index (χ1) is 9.64. The van der Waals surface area contributed by atoms with E-state index in [1.165, 1.54) is 10.6 Å². The Morgan fingerprint density at radius 3 is 2.33 bits per heavy atom. The molecule has 0 radical (unpaired) electrons. The van der Waals surface area contributed by atoms with Crippen molar-refractivity contribution in [3.05, 3.63) is 15.4 Å². The van der Waals surface area contributed by atoms with Crippen LogP contribution < -0.4 is 4.80 Å². The molecule has 1 aliphatic rings. The number of hydrogen-bond acceptors (Lipinski definition) is 3. The molecule has 0 bridgehead atoms. The summed E-state index contributed by atoms with van der Waals surface area (Å²) in [5, 5.41) is 0. The van der Waals surface area contributed by atoms with Crippen LogP contribution in [0.2, 0.25) is 0 Å². The maximum atomic E-state index is 5.64. The van der Waals surface area contributed by atoms with Gasteiger partial charge in [0.1, 0.15) is 4.99 Å². The first kappa shape index (κ1) is 16.8. The molecule has 0 aliphatic heterocycles. The number of nitrogens with zero attached hydrogens (tertiary/aromatic N) is 2. The number of thiocarbonyl (C=S) groups is 1. The highest BCUT2D eigenvalue weighted by Crippen LogP contribution is 2.68. The maximum absolute atomic E-state index is 5.64. The molecular weight excluding hydrogens is 300 g/mol. The average molecular weight is 327 g/mol. The predicted molar refractivity (Wildman–Crippen MR) is 92.9 cm³/mol. The van der Waals surface area contributed by atoms with E-state index < -0.39 is 0 Å². The molecule has 21 heavy (non-hydrogen) atoms. The van der Waals surface area contributed by atoms with Crippen molar-refractivity contribution in [3.63, 3.8) is 0 Å². The molecular formula is C16H26N2OS2. The quantitative estimate of drug-likeness (QED) is 0.788. The van der Waals surface area contributed by atoms with Gasteiger partial charge >= 0.3 is 0 Å². The standard InChI is InChI=1S/C16H26N2OS2/c1-10-11(2)21-14(18(10)8-9-19-7)17-13(20)12-15(3,4)16(12,5)6/h12H,8-9H2,1-7H3/b17-14-. The normalized spacial score (nSPS) is 20.8. The second-order valence-electron chi connectivity index (χ2n) is 7.00. The molecule has 5 heteroatoms. The second-order valence-corrected chi connectivity index (χ2v) is 8.60.